The third-order valence-electron chi connectivity index (χ3n) is 2.65. The normalized spacial score (nSPS) is 10.3. The molecule has 2 aromatic heterocycles. The minimum Gasteiger partial charge on any atom is -0.342 e. The summed E-state index contributed by atoms with van der Waals surface area (Å²) < 4.78 is 5.23. The number of imidazole rings is 1. The molecule has 0 bridgehead atoms. The SMILES string of the molecule is N#CCc1ccccc1-c1nc(-c2ncc[nH]2)no1. The highest BCUT2D eigenvalue weighted by atomic mass is 16.5. The molecule has 0 aliphatic rings. The zero-order valence-electron chi connectivity index (χ0n) is 9.87. The third kappa shape index (κ3) is 2.09. The van der Waals surface area contributed by atoms with Gasteiger partial charge in [-0.25, -0.2) is 4.98 Å². The van der Waals surface area contributed by atoms with Crippen LogP contribution in [0, 0.1) is 11.3 Å². The predicted molar refractivity (Wildman–Crippen MR) is 66.6 cm³/mol. The molecule has 0 saturated carbocycles. The largest absolute Gasteiger partial charge is 0.342 e. The summed E-state index contributed by atoms with van der Waals surface area (Å²) in [6.45, 7) is 0. The van der Waals surface area contributed by atoms with Gasteiger partial charge in [0.15, 0.2) is 5.82 Å². The quantitative estimate of drug-likeness (QED) is 0.770. The van der Waals surface area contributed by atoms with E-state index in [1.54, 1.807) is 12.4 Å². The minimum absolute atomic E-state index is 0.300. The third-order valence-corrected chi connectivity index (χ3v) is 2.65. The number of hydrogen-bond donors (Lipinski definition) is 1. The monoisotopic (exact) mass is 251 g/mol. The van der Waals surface area contributed by atoms with E-state index in [9.17, 15) is 0 Å². The van der Waals surface area contributed by atoms with Crippen molar-refractivity contribution >= 4 is 0 Å². The molecule has 3 aromatic rings. The highest BCUT2D eigenvalue weighted by molar-refractivity contribution is 5.60. The van der Waals surface area contributed by atoms with E-state index in [1.807, 2.05) is 24.3 Å². The predicted octanol–water partition coefficient (Wildman–Crippen LogP) is 2.19. The van der Waals surface area contributed by atoms with Gasteiger partial charge in [0.2, 0.25) is 5.82 Å². The van der Waals surface area contributed by atoms with Crippen LogP contribution in [0.25, 0.3) is 23.1 Å². The molecule has 2 heterocycles. The van der Waals surface area contributed by atoms with Gasteiger partial charge in [-0.15, -0.1) is 0 Å². The van der Waals surface area contributed by atoms with Crippen LogP contribution in [0.15, 0.2) is 41.2 Å². The van der Waals surface area contributed by atoms with Crippen molar-refractivity contribution in [2.24, 2.45) is 0 Å². The van der Waals surface area contributed by atoms with Crippen molar-refractivity contribution in [3.63, 3.8) is 0 Å². The van der Waals surface area contributed by atoms with Crippen LogP contribution < -0.4 is 0 Å². The van der Waals surface area contributed by atoms with Crippen LogP contribution in [0.4, 0.5) is 0 Å². The first-order chi connectivity index (χ1) is 9.38. The molecule has 0 amide bonds. The highest BCUT2D eigenvalue weighted by Gasteiger charge is 2.14. The molecule has 1 aromatic carbocycles. The second kappa shape index (κ2) is 4.74. The number of nitriles is 1. The number of hydrogen-bond acceptors (Lipinski definition) is 5. The molecule has 0 saturated heterocycles. The molecule has 0 atom stereocenters. The van der Waals surface area contributed by atoms with Crippen LogP contribution in [0.5, 0.6) is 0 Å². The van der Waals surface area contributed by atoms with Gasteiger partial charge in [-0.05, 0) is 11.6 Å². The summed E-state index contributed by atoms with van der Waals surface area (Å²) in [6, 6.07) is 9.59. The Bertz CT molecular complexity index is 724. The molecule has 0 radical (unpaired) electrons. The van der Waals surface area contributed by atoms with Crippen LogP contribution in [0.3, 0.4) is 0 Å². The standard InChI is InChI=1S/C13H9N5O/c14-6-5-9-3-1-2-4-10(9)13-17-12(18-19-13)11-15-7-8-16-11/h1-4,7-8H,5H2,(H,15,16). The molecule has 1 N–H and O–H groups in total. The minimum atomic E-state index is 0.300. The van der Waals surface area contributed by atoms with E-state index in [-0.39, 0.29) is 0 Å². The number of rotatable bonds is 3. The smallest absolute Gasteiger partial charge is 0.258 e. The van der Waals surface area contributed by atoms with Gasteiger partial charge in [-0.3, -0.25) is 0 Å². The summed E-state index contributed by atoms with van der Waals surface area (Å²) in [6.07, 6.45) is 3.61. The van der Waals surface area contributed by atoms with Gasteiger partial charge in [0.05, 0.1) is 12.5 Å². The van der Waals surface area contributed by atoms with Crippen molar-refractivity contribution in [2.45, 2.75) is 6.42 Å². The van der Waals surface area contributed by atoms with Gasteiger partial charge in [0.25, 0.3) is 5.89 Å². The summed E-state index contributed by atoms with van der Waals surface area (Å²) in [4.78, 5) is 11.3. The van der Waals surface area contributed by atoms with Crippen molar-refractivity contribution < 1.29 is 4.52 Å². The molecule has 0 aliphatic heterocycles. The van der Waals surface area contributed by atoms with Gasteiger partial charge < -0.3 is 9.51 Å². The molecule has 6 nitrogen and oxygen atoms in total. The number of aromatic amines is 1. The number of nitrogens with zero attached hydrogens (tertiary/aromatic N) is 4. The van der Waals surface area contributed by atoms with Crippen LogP contribution >= 0.6 is 0 Å². The van der Waals surface area contributed by atoms with Gasteiger partial charge in [0, 0.05) is 18.0 Å². The first kappa shape index (κ1) is 11.2. The van der Waals surface area contributed by atoms with Crippen molar-refractivity contribution in [3.05, 3.63) is 42.2 Å². The Hall–Kier alpha value is -2.94. The lowest BCUT2D eigenvalue weighted by Crippen LogP contribution is -1.88. The molecule has 0 spiro atoms. The molecular weight excluding hydrogens is 242 g/mol. The van der Waals surface area contributed by atoms with Gasteiger partial charge in [-0.2, -0.15) is 10.2 Å². The van der Waals surface area contributed by atoms with Gasteiger partial charge in [0.1, 0.15) is 0 Å². The lowest BCUT2D eigenvalue weighted by Gasteiger charge is -2.00. The first-order valence-electron chi connectivity index (χ1n) is 5.67. The maximum absolute atomic E-state index is 8.81. The number of aromatic nitrogens is 4. The summed E-state index contributed by atoms with van der Waals surface area (Å²) in [5.41, 5.74) is 1.63. The van der Waals surface area contributed by atoms with E-state index in [0.717, 1.165) is 11.1 Å². The molecule has 6 heteroatoms. The van der Waals surface area contributed by atoms with Crippen molar-refractivity contribution in [2.75, 3.05) is 0 Å². The fourth-order valence-corrected chi connectivity index (χ4v) is 1.78. The maximum Gasteiger partial charge on any atom is 0.258 e. The van der Waals surface area contributed by atoms with Crippen molar-refractivity contribution in [1.82, 2.24) is 20.1 Å². The first-order valence-corrected chi connectivity index (χ1v) is 5.67. The van der Waals surface area contributed by atoms with Crippen LogP contribution in [0.2, 0.25) is 0 Å². The zero-order chi connectivity index (χ0) is 13.1. The van der Waals surface area contributed by atoms with E-state index >= 15 is 0 Å². The number of nitrogens with one attached hydrogen (secondary N) is 1. The Morgan fingerprint density at radius 2 is 2.21 bits per heavy atom. The molecule has 92 valence electrons. The fourth-order valence-electron chi connectivity index (χ4n) is 1.78. The Balaban J connectivity index is 2.02. The summed E-state index contributed by atoms with van der Waals surface area (Å²) in [5, 5.41) is 12.7. The molecular formula is C13H9N5O. The van der Waals surface area contributed by atoms with E-state index in [1.165, 1.54) is 0 Å². The Morgan fingerprint density at radius 3 is 3.00 bits per heavy atom. The lowest BCUT2D eigenvalue weighted by molar-refractivity contribution is 0.431. The maximum atomic E-state index is 8.81. The Labute approximate surface area is 108 Å². The summed E-state index contributed by atoms with van der Waals surface area (Å²) in [5.74, 6) is 1.33. The van der Waals surface area contributed by atoms with Crippen LogP contribution in [-0.4, -0.2) is 20.1 Å². The molecule has 0 unspecified atom stereocenters. The van der Waals surface area contributed by atoms with Crippen molar-refractivity contribution in [1.29, 1.82) is 5.26 Å². The molecule has 3 rings (SSSR count). The van der Waals surface area contributed by atoms with Crippen LogP contribution in [0.1, 0.15) is 5.56 Å². The molecule has 19 heavy (non-hydrogen) atoms. The lowest BCUT2D eigenvalue weighted by atomic mass is 10.1. The number of benzene rings is 1. The second-order valence-electron chi connectivity index (χ2n) is 3.85. The average Bonchev–Trinajstić information content (AvgIpc) is 3.11. The van der Waals surface area contributed by atoms with Gasteiger partial charge in [-0.1, -0.05) is 23.4 Å². The summed E-state index contributed by atoms with van der Waals surface area (Å²) >= 11 is 0. The second-order valence-corrected chi connectivity index (χ2v) is 3.85. The van der Waals surface area contributed by atoms with E-state index in [4.69, 9.17) is 9.78 Å². The van der Waals surface area contributed by atoms with Crippen LogP contribution in [-0.2, 0) is 6.42 Å². The van der Waals surface area contributed by atoms with E-state index < -0.39 is 0 Å². The zero-order valence-corrected chi connectivity index (χ0v) is 9.87. The molecule has 0 fully saturated rings. The number of H-pyrrole nitrogens is 1. The fraction of sp³-hybridized carbons (Fsp3) is 0.0769. The molecule has 0 aliphatic carbocycles. The Morgan fingerprint density at radius 1 is 1.32 bits per heavy atom. The van der Waals surface area contributed by atoms with E-state index in [0.29, 0.717) is 24.0 Å². The topological polar surface area (TPSA) is 91.4 Å². The van der Waals surface area contributed by atoms with E-state index in [2.05, 4.69) is 26.2 Å². The summed E-state index contributed by atoms with van der Waals surface area (Å²) in [7, 11) is 0. The Kier molecular flexibility index (Phi) is 2.79. The van der Waals surface area contributed by atoms with Gasteiger partial charge >= 0.3 is 0 Å². The highest BCUT2D eigenvalue weighted by Crippen LogP contribution is 2.24. The van der Waals surface area contributed by atoms with Crippen molar-refractivity contribution in [3.8, 4) is 29.2 Å². The average molecular weight is 251 g/mol.